The van der Waals surface area contributed by atoms with Gasteiger partial charge in [0.1, 0.15) is 0 Å². The molecule has 2 aromatic heterocycles. The number of nitrogens with zero attached hydrogens (tertiary/aromatic N) is 6. The van der Waals surface area contributed by atoms with E-state index in [0.29, 0.717) is 12.2 Å². The third kappa shape index (κ3) is 4.08. The number of carbonyl (C=O) groups excluding carboxylic acids is 2. The molecule has 25 heavy (non-hydrogen) atoms. The van der Waals surface area contributed by atoms with E-state index >= 15 is 0 Å². The second-order valence-electron chi connectivity index (χ2n) is 5.65. The van der Waals surface area contributed by atoms with E-state index in [2.05, 4.69) is 35.6 Å². The number of piperidine rings is 1. The Morgan fingerprint density at radius 3 is 2.92 bits per heavy atom. The molecule has 3 rings (SSSR count). The summed E-state index contributed by atoms with van der Waals surface area (Å²) in [6, 6.07) is 3.69. The summed E-state index contributed by atoms with van der Waals surface area (Å²) in [4.78, 5) is 25.2. The molecule has 1 fully saturated rings. The standard InChI is InChI=1S/C15H19N7O3/c1-25-14(23)3-2-8-16-15(24)11-6-9-21(10-7-11)13-5-4-12-17-19-20-22(12)18-13/h2-5,11H,6-10H2,1H3,(H,16,24)/b3-2+. The number of ether oxygens (including phenoxy) is 1. The molecule has 1 aliphatic rings. The monoisotopic (exact) mass is 345 g/mol. The number of hydrogen-bond acceptors (Lipinski definition) is 8. The molecule has 10 nitrogen and oxygen atoms in total. The summed E-state index contributed by atoms with van der Waals surface area (Å²) >= 11 is 0. The van der Waals surface area contributed by atoms with Gasteiger partial charge in [-0.2, -0.15) is 0 Å². The number of hydrogen-bond donors (Lipinski definition) is 1. The Hall–Kier alpha value is -3.04. The van der Waals surface area contributed by atoms with Gasteiger partial charge < -0.3 is 15.0 Å². The summed E-state index contributed by atoms with van der Waals surface area (Å²) in [6.07, 6.45) is 4.34. The molecule has 1 N–H and O–H groups in total. The van der Waals surface area contributed by atoms with Gasteiger partial charge in [0.2, 0.25) is 5.91 Å². The Bertz CT molecular complexity index is 780. The van der Waals surface area contributed by atoms with Gasteiger partial charge >= 0.3 is 5.97 Å². The van der Waals surface area contributed by atoms with Crippen molar-refractivity contribution >= 4 is 23.3 Å². The largest absolute Gasteiger partial charge is 0.466 e. The number of nitrogens with one attached hydrogen (secondary N) is 1. The zero-order chi connectivity index (χ0) is 17.6. The third-order valence-electron chi connectivity index (χ3n) is 4.09. The molecule has 1 saturated heterocycles. The second-order valence-corrected chi connectivity index (χ2v) is 5.65. The third-order valence-corrected chi connectivity index (χ3v) is 4.09. The van der Waals surface area contributed by atoms with Gasteiger partial charge in [-0.25, -0.2) is 4.79 Å². The molecule has 0 bridgehead atoms. The number of carbonyl (C=O) groups is 2. The highest BCUT2D eigenvalue weighted by Gasteiger charge is 2.25. The Kier molecular flexibility index (Phi) is 5.17. The second kappa shape index (κ2) is 7.69. The fourth-order valence-corrected chi connectivity index (χ4v) is 2.71. The zero-order valence-corrected chi connectivity index (χ0v) is 13.8. The molecule has 132 valence electrons. The van der Waals surface area contributed by atoms with Crippen LogP contribution in [0.3, 0.4) is 0 Å². The maximum Gasteiger partial charge on any atom is 0.330 e. The summed E-state index contributed by atoms with van der Waals surface area (Å²) in [5, 5.41) is 18.4. The summed E-state index contributed by atoms with van der Waals surface area (Å²) < 4.78 is 5.88. The lowest BCUT2D eigenvalue weighted by atomic mass is 9.96. The molecule has 2 aromatic rings. The first-order valence-electron chi connectivity index (χ1n) is 8.00. The molecule has 0 aliphatic carbocycles. The van der Waals surface area contributed by atoms with Crippen LogP contribution < -0.4 is 10.2 Å². The topological polar surface area (TPSA) is 115 Å². The van der Waals surface area contributed by atoms with Crippen molar-refractivity contribution in [3.05, 3.63) is 24.3 Å². The molecular weight excluding hydrogens is 326 g/mol. The summed E-state index contributed by atoms with van der Waals surface area (Å²) in [6.45, 7) is 1.78. The van der Waals surface area contributed by atoms with E-state index in [1.54, 1.807) is 6.08 Å². The Morgan fingerprint density at radius 1 is 1.36 bits per heavy atom. The van der Waals surface area contributed by atoms with Crippen molar-refractivity contribution in [3.63, 3.8) is 0 Å². The van der Waals surface area contributed by atoms with E-state index in [0.717, 1.165) is 31.7 Å². The minimum absolute atomic E-state index is 0.00180. The van der Waals surface area contributed by atoms with Gasteiger partial charge in [-0.1, -0.05) is 6.08 Å². The lowest BCUT2D eigenvalue weighted by Gasteiger charge is -2.31. The van der Waals surface area contributed by atoms with Crippen LogP contribution >= 0.6 is 0 Å². The normalized spacial score (nSPS) is 15.6. The van der Waals surface area contributed by atoms with E-state index in [4.69, 9.17) is 0 Å². The molecule has 0 saturated carbocycles. The number of esters is 1. The van der Waals surface area contributed by atoms with Gasteiger partial charge in [-0.15, -0.1) is 14.8 Å². The molecule has 10 heteroatoms. The minimum atomic E-state index is -0.436. The SMILES string of the molecule is COC(=O)/C=C/CNC(=O)C1CCN(c2ccc3nnnn3n2)CC1. The van der Waals surface area contributed by atoms with Crippen molar-refractivity contribution in [1.29, 1.82) is 0 Å². The molecule has 0 atom stereocenters. The average molecular weight is 345 g/mol. The Labute approximate surface area is 143 Å². The van der Waals surface area contributed by atoms with Crippen molar-refractivity contribution < 1.29 is 14.3 Å². The number of fused-ring (bicyclic) bond motifs is 1. The molecule has 0 spiro atoms. The molecule has 0 aromatic carbocycles. The first kappa shape index (κ1) is 16.8. The Balaban J connectivity index is 1.48. The maximum atomic E-state index is 12.2. The first-order chi connectivity index (χ1) is 12.2. The predicted octanol–water partition coefficient (Wildman–Crippen LogP) is -0.419. The van der Waals surface area contributed by atoms with Crippen LogP contribution in [0.5, 0.6) is 0 Å². The van der Waals surface area contributed by atoms with Crippen molar-refractivity contribution in [3.8, 4) is 0 Å². The zero-order valence-electron chi connectivity index (χ0n) is 13.8. The summed E-state index contributed by atoms with van der Waals surface area (Å²) in [5.74, 6) is 0.312. The van der Waals surface area contributed by atoms with Crippen LogP contribution in [-0.2, 0) is 14.3 Å². The van der Waals surface area contributed by atoms with E-state index in [-0.39, 0.29) is 11.8 Å². The van der Waals surface area contributed by atoms with Gasteiger partial charge in [0.15, 0.2) is 11.5 Å². The number of rotatable bonds is 5. The van der Waals surface area contributed by atoms with E-state index in [1.165, 1.54) is 17.8 Å². The van der Waals surface area contributed by atoms with Crippen molar-refractivity contribution in [1.82, 2.24) is 30.6 Å². The van der Waals surface area contributed by atoms with Gasteiger partial charge in [0, 0.05) is 31.6 Å². The minimum Gasteiger partial charge on any atom is -0.466 e. The summed E-state index contributed by atoms with van der Waals surface area (Å²) in [7, 11) is 1.31. The molecule has 0 unspecified atom stereocenters. The highest BCUT2D eigenvalue weighted by molar-refractivity contribution is 5.82. The van der Waals surface area contributed by atoms with E-state index in [1.807, 2.05) is 12.1 Å². The lowest BCUT2D eigenvalue weighted by Crippen LogP contribution is -2.41. The van der Waals surface area contributed by atoms with Crippen molar-refractivity contribution in [2.75, 3.05) is 31.6 Å². The molecular formula is C15H19N7O3. The van der Waals surface area contributed by atoms with Gasteiger partial charge in [0.25, 0.3) is 0 Å². The quantitative estimate of drug-likeness (QED) is 0.574. The fourth-order valence-electron chi connectivity index (χ4n) is 2.71. The van der Waals surface area contributed by atoms with Gasteiger partial charge in [-0.3, -0.25) is 4.79 Å². The molecule has 3 heterocycles. The number of methoxy groups -OCH3 is 1. The van der Waals surface area contributed by atoms with Gasteiger partial charge in [0.05, 0.1) is 7.11 Å². The van der Waals surface area contributed by atoms with Crippen LogP contribution in [-0.4, -0.2) is 63.9 Å². The van der Waals surface area contributed by atoms with Gasteiger partial charge in [-0.05, 0) is 35.4 Å². The molecule has 1 aliphatic heterocycles. The highest BCUT2D eigenvalue weighted by atomic mass is 16.5. The van der Waals surface area contributed by atoms with Crippen LogP contribution in [0.1, 0.15) is 12.8 Å². The van der Waals surface area contributed by atoms with Crippen molar-refractivity contribution in [2.45, 2.75) is 12.8 Å². The average Bonchev–Trinajstić information content (AvgIpc) is 3.12. The Morgan fingerprint density at radius 2 is 2.16 bits per heavy atom. The van der Waals surface area contributed by atoms with Crippen molar-refractivity contribution in [2.24, 2.45) is 5.92 Å². The molecule has 0 radical (unpaired) electrons. The number of anilines is 1. The summed E-state index contributed by atoms with van der Waals surface area (Å²) in [5.41, 5.74) is 0.595. The number of tetrazole rings is 1. The maximum absolute atomic E-state index is 12.2. The van der Waals surface area contributed by atoms with Crippen LogP contribution in [0.15, 0.2) is 24.3 Å². The first-order valence-corrected chi connectivity index (χ1v) is 8.00. The molecule has 1 amide bonds. The van der Waals surface area contributed by atoms with E-state index < -0.39 is 5.97 Å². The number of aromatic nitrogens is 5. The van der Waals surface area contributed by atoms with Crippen LogP contribution in [0.25, 0.3) is 5.65 Å². The highest BCUT2D eigenvalue weighted by Crippen LogP contribution is 2.21. The van der Waals surface area contributed by atoms with Crippen LogP contribution in [0, 0.1) is 5.92 Å². The number of amides is 1. The lowest BCUT2D eigenvalue weighted by molar-refractivity contribution is -0.135. The van der Waals surface area contributed by atoms with Crippen LogP contribution in [0.2, 0.25) is 0 Å². The predicted molar refractivity (Wildman–Crippen MR) is 87.7 cm³/mol. The fraction of sp³-hybridized carbons (Fsp3) is 0.467. The smallest absolute Gasteiger partial charge is 0.330 e. The van der Waals surface area contributed by atoms with E-state index in [9.17, 15) is 9.59 Å². The van der Waals surface area contributed by atoms with Crippen LogP contribution in [0.4, 0.5) is 5.82 Å².